The molecule has 2 aromatic rings. The second-order valence-electron chi connectivity index (χ2n) is 7.12. The van der Waals surface area contributed by atoms with Gasteiger partial charge in [0.25, 0.3) is 17.5 Å². The second-order valence-corrected chi connectivity index (χ2v) is 7.12. The Balaban J connectivity index is 2.04. The number of hydrogen-bond acceptors (Lipinski definition) is 4. The summed E-state index contributed by atoms with van der Waals surface area (Å²) in [7, 11) is 3.16. The van der Waals surface area contributed by atoms with Gasteiger partial charge in [-0.3, -0.25) is 19.7 Å². The van der Waals surface area contributed by atoms with Crippen molar-refractivity contribution in [3.8, 4) is 0 Å². The van der Waals surface area contributed by atoms with Crippen LogP contribution in [0.15, 0.2) is 60.3 Å². The summed E-state index contributed by atoms with van der Waals surface area (Å²) in [4.78, 5) is 40.2. The maximum absolute atomic E-state index is 13.4. The first-order chi connectivity index (χ1) is 13.8. The number of nitro benzene ring substituents is 1. The van der Waals surface area contributed by atoms with E-state index in [4.69, 9.17) is 0 Å². The van der Waals surface area contributed by atoms with Gasteiger partial charge in [-0.15, -0.1) is 0 Å². The van der Waals surface area contributed by atoms with Crippen molar-refractivity contribution in [3.05, 3.63) is 81.5 Å². The number of para-hydroxylation sites is 1. The van der Waals surface area contributed by atoms with Crippen molar-refractivity contribution in [1.82, 2.24) is 9.80 Å². The van der Waals surface area contributed by atoms with Crippen molar-refractivity contribution in [2.75, 3.05) is 14.1 Å². The third-order valence-electron chi connectivity index (χ3n) is 5.58. The highest BCUT2D eigenvalue weighted by molar-refractivity contribution is 6.09. The zero-order valence-electron chi connectivity index (χ0n) is 16.7. The Morgan fingerprint density at radius 3 is 2.28 bits per heavy atom. The van der Waals surface area contributed by atoms with Crippen LogP contribution in [0.2, 0.25) is 0 Å². The highest BCUT2D eigenvalue weighted by atomic mass is 16.6. The molecule has 0 aromatic heterocycles. The van der Waals surface area contributed by atoms with Crippen LogP contribution in [0.25, 0.3) is 6.08 Å². The molecule has 0 bridgehead atoms. The average Bonchev–Trinajstić information content (AvgIpc) is 2.74. The van der Waals surface area contributed by atoms with E-state index in [1.165, 1.54) is 21.9 Å². The quantitative estimate of drug-likeness (QED) is 0.443. The normalized spacial score (nSPS) is 21.0. The second kappa shape index (κ2) is 7.87. The maximum Gasteiger partial charge on any atom is 0.276 e. The molecule has 1 heterocycles. The van der Waals surface area contributed by atoms with Crippen LogP contribution in [0.5, 0.6) is 0 Å². The smallest absolute Gasteiger partial charge is 0.276 e. The van der Waals surface area contributed by atoms with Crippen molar-refractivity contribution >= 4 is 23.6 Å². The summed E-state index contributed by atoms with van der Waals surface area (Å²) < 4.78 is 0. The van der Waals surface area contributed by atoms with E-state index in [1.807, 2.05) is 37.3 Å². The molecular formula is C22H23N3O4. The van der Waals surface area contributed by atoms with E-state index in [9.17, 15) is 19.7 Å². The summed E-state index contributed by atoms with van der Waals surface area (Å²) in [6.07, 6.45) is 2.26. The zero-order valence-corrected chi connectivity index (χ0v) is 16.7. The molecule has 1 saturated heterocycles. The highest BCUT2D eigenvalue weighted by Gasteiger charge is 2.50. The maximum atomic E-state index is 13.4. The monoisotopic (exact) mass is 393 g/mol. The van der Waals surface area contributed by atoms with E-state index in [2.05, 4.69) is 0 Å². The molecule has 1 aliphatic heterocycles. The number of hydrogen-bond donors (Lipinski definition) is 0. The third kappa shape index (κ3) is 3.51. The molecule has 7 heteroatoms. The van der Waals surface area contributed by atoms with Gasteiger partial charge in [0, 0.05) is 26.6 Å². The van der Waals surface area contributed by atoms with Gasteiger partial charge in [-0.2, -0.15) is 0 Å². The number of nitrogens with zero attached hydrogens (tertiary/aromatic N) is 3. The third-order valence-corrected chi connectivity index (χ3v) is 5.58. The van der Waals surface area contributed by atoms with Crippen LogP contribution in [0, 0.1) is 10.1 Å². The number of nitro groups is 1. The minimum absolute atomic E-state index is 0.115. The molecule has 2 amide bonds. The fraction of sp³-hybridized carbons (Fsp3) is 0.273. The number of rotatable bonds is 5. The van der Waals surface area contributed by atoms with Crippen molar-refractivity contribution < 1.29 is 14.5 Å². The van der Waals surface area contributed by atoms with Crippen molar-refractivity contribution in [2.24, 2.45) is 0 Å². The van der Waals surface area contributed by atoms with E-state index in [1.54, 1.807) is 32.3 Å². The summed E-state index contributed by atoms with van der Waals surface area (Å²) >= 11 is 0. The molecule has 1 fully saturated rings. The standard InChI is InChI=1S/C22H23N3O4/c1-4-22(15-16-10-6-5-7-11-16)21(27)23(2)19(20(26)24(22)3)14-17-12-8-9-13-18(17)25(28)29/h5-14H,4,15H2,1-3H3/b19-14+. The number of carbonyl (C=O) groups is 2. The Morgan fingerprint density at radius 1 is 1.03 bits per heavy atom. The summed E-state index contributed by atoms with van der Waals surface area (Å²) in [6.45, 7) is 1.88. The fourth-order valence-electron chi connectivity index (χ4n) is 3.80. The van der Waals surface area contributed by atoms with Crippen LogP contribution in [0.3, 0.4) is 0 Å². The van der Waals surface area contributed by atoms with Gasteiger partial charge in [-0.25, -0.2) is 0 Å². The molecule has 0 N–H and O–H groups in total. The van der Waals surface area contributed by atoms with Gasteiger partial charge in [0.05, 0.1) is 10.5 Å². The van der Waals surface area contributed by atoms with E-state index in [0.717, 1.165) is 5.56 Å². The first kappa shape index (κ1) is 20.3. The summed E-state index contributed by atoms with van der Waals surface area (Å²) in [5.41, 5.74) is 0.229. The van der Waals surface area contributed by atoms with Crippen molar-refractivity contribution in [3.63, 3.8) is 0 Å². The molecule has 0 saturated carbocycles. The van der Waals surface area contributed by atoms with Crippen LogP contribution in [0.4, 0.5) is 5.69 Å². The van der Waals surface area contributed by atoms with E-state index >= 15 is 0 Å². The van der Waals surface area contributed by atoms with E-state index in [0.29, 0.717) is 12.8 Å². The van der Waals surface area contributed by atoms with Crippen LogP contribution < -0.4 is 0 Å². The molecule has 3 rings (SSSR count). The van der Waals surface area contributed by atoms with Crippen LogP contribution in [0.1, 0.15) is 24.5 Å². The van der Waals surface area contributed by atoms with Gasteiger partial charge < -0.3 is 9.80 Å². The predicted octanol–water partition coefficient (Wildman–Crippen LogP) is 3.26. The van der Waals surface area contributed by atoms with Gasteiger partial charge in [0.2, 0.25) is 0 Å². The Hall–Kier alpha value is -3.48. The first-order valence-corrected chi connectivity index (χ1v) is 9.37. The summed E-state index contributed by atoms with van der Waals surface area (Å²) in [5.74, 6) is -0.557. The fourth-order valence-corrected chi connectivity index (χ4v) is 3.80. The lowest BCUT2D eigenvalue weighted by atomic mass is 9.83. The van der Waals surface area contributed by atoms with Gasteiger partial charge in [0.1, 0.15) is 11.2 Å². The highest BCUT2D eigenvalue weighted by Crippen LogP contribution is 2.34. The number of amides is 2. The lowest BCUT2D eigenvalue weighted by Gasteiger charge is -2.47. The minimum atomic E-state index is -1.01. The lowest BCUT2D eigenvalue weighted by Crippen LogP contribution is -2.65. The molecular weight excluding hydrogens is 370 g/mol. The zero-order chi connectivity index (χ0) is 21.2. The van der Waals surface area contributed by atoms with Crippen LogP contribution in [-0.4, -0.2) is 46.2 Å². The average molecular weight is 393 g/mol. The molecule has 0 radical (unpaired) electrons. The SMILES string of the molecule is CCC1(Cc2ccccc2)C(=O)N(C)/C(=C/c2ccccc2[N+](=O)[O-])C(=O)N1C. The largest absolute Gasteiger partial charge is 0.325 e. The molecule has 29 heavy (non-hydrogen) atoms. The van der Waals surface area contributed by atoms with Crippen molar-refractivity contribution in [1.29, 1.82) is 0 Å². The Bertz CT molecular complexity index is 987. The molecule has 1 unspecified atom stereocenters. The molecule has 1 atom stereocenters. The number of benzene rings is 2. The van der Waals surface area contributed by atoms with Gasteiger partial charge in [-0.05, 0) is 24.1 Å². The lowest BCUT2D eigenvalue weighted by molar-refractivity contribution is -0.385. The Labute approximate surface area is 169 Å². The summed E-state index contributed by atoms with van der Waals surface area (Å²) in [6, 6.07) is 15.7. The van der Waals surface area contributed by atoms with E-state index < -0.39 is 10.5 Å². The summed E-state index contributed by atoms with van der Waals surface area (Å²) in [5, 5.41) is 11.3. The van der Waals surface area contributed by atoms with Gasteiger partial charge >= 0.3 is 0 Å². The molecule has 150 valence electrons. The number of piperazine rings is 1. The number of carbonyl (C=O) groups excluding carboxylic acids is 2. The first-order valence-electron chi connectivity index (χ1n) is 9.37. The molecule has 2 aromatic carbocycles. The topological polar surface area (TPSA) is 83.8 Å². The van der Waals surface area contributed by atoms with Crippen molar-refractivity contribution in [2.45, 2.75) is 25.3 Å². The minimum Gasteiger partial charge on any atom is -0.325 e. The van der Waals surface area contributed by atoms with Crippen LogP contribution in [-0.2, 0) is 16.0 Å². The Kier molecular flexibility index (Phi) is 5.50. The molecule has 0 aliphatic carbocycles. The molecule has 7 nitrogen and oxygen atoms in total. The molecule has 0 spiro atoms. The van der Waals surface area contributed by atoms with Crippen LogP contribution >= 0.6 is 0 Å². The molecule has 1 aliphatic rings. The van der Waals surface area contributed by atoms with E-state index in [-0.39, 0.29) is 28.8 Å². The number of likely N-dealkylation sites (N-methyl/N-ethyl adjacent to an activating group) is 2. The predicted molar refractivity (Wildman–Crippen MR) is 110 cm³/mol. The van der Waals surface area contributed by atoms with Gasteiger partial charge in [0.15, 0.2) is 0 Å². The Morgan fingerprint density at radius 2 is 1.66 bits per heavy atom. The van der Waals surface area contributed by atoms with Gasteiger partial charge in [-0.1, -0.05) is 49.4 Å².